The SMILES string of the molecule is C[C@H]1[C@@H](c2ccc(F)c(F)c2OC(F)F)[C@H](C(=O)Nc2cc[n+]([O-])c(C(N)=O)c2)O[C@@]1(C)C(F)(F)F. The molecule has 0 bridgehead atoms. The highest BCUT2D eigenvalue weighted by Gasteiger charge is 2.66. The van der Waals surface area contributed by atoms with E-state index in [-0.39, 0.29) is 10.4 Å². The molecular formula is C21H18F7N3O5. The second kappa shape index (κ2) is 9.44. The first kappa shape index (κ1) is 27.0. The first-order valence-electron chi connectivity index (χ1n) is 10.1. The number of carbonyl (C=O) groups is 2. The van der Waals surface area contributed by atoms with E-state index in [0.29, 0.717) is 13.0 Å². The third-order valence-electron chi connectivity index (χ3n) is 6.01. The van der Waals surface area contributed by atoms with Crippen molar-refractivity contribution >= 4 is 17.5 Å². The molecule has 2 heterocycles. The zero-order valence-corrected chi connectivity index (χ0v) is 18.4. The molecule has 0 spiro atoms. The number of aromatic nitrogens is 1. The fourth-order valence-electron chi connectivity index (χ4n) is 4.00. The number of benzene rings is 1. The van der Waals surface area contributed by atoms with Crippen molar-refractivity contribution < 1.29 is 54.5 Å². The Balaban J connectivity index is 2.11. The maximum atomic E-state index is 14.4. The van der Waals surface area contributed by atoms with Gasteiger partial charge in [-0.1, -0.05) is 13.0 Å². The monoisotopic (exact) mass is 525 g/mol. The molecule has 0 aliphatic carbocycles. The molecule has 0 radical (unpaired) electrons. The fraction of sp³-hybridized carbons (Fsp3) is 0.381. The summed E-state index contributed by atoms with van der Waals surface area (Å²) < 4.78 is 105. The summed E-state index contributed by atoms with van der Waals surface area (Å²) in [6, 6.07) is 3.04. The van der Waals surface area contributed by atoms with Gasteiger partial charge in [-0.15, -0.1) is 0 Å². The van der Waals surface area contributed by atoms with Crippen molar-refractivity contribution in [2.75, 3.05) is 5.32 Å². The fourth-order valence-corrected chi connectivity index (χ4v) is 4.00. The summed E-state index contributed by atoms with van der Waals surface area (Å²) in [6.07, 6.45) is -6.38. The van der Waals surface area contributed by atoms with Gasteiger partial charge in [0.15, 0.2) is 23.4 Å². The molecule has 2 amide bonds. The van der Waals surface area contributed by atoms with Crippen LogP contribution in [0.3, 0.4) is 0 Å². The van der Waals surface area contributed by atoms with Crippen LogP contribution in [0.15, 0.2) is 30.5 Å². The number of hydrogen-bond donors (Lipinski definition) is 2. The van der Waals surface area contributed by atoms with Gasteiger partial charge in [-0.05, 0) is 13.0 Å². The Hall–Kier alpha value is -3.62. The zero-order valence-electron chi connectivity index (χ0n) is 18.4. The van der Waals surface area contributed by atoms with Crippen molar-refractivity contribution in [1.82, 2.24) is 0 Å². The summed E-state index contributed by atoms with van der Waals surface area (Å²) in [5.41, 5.74) is 0.502. The minimum atomic E-state index is -5.08. The van der Waals surface area contributed by atoms with Crippen LogP contribution in [0.1, 0.15) is 35.8 Å². The molecule has 1 aliphatic heterocycles. The lowest BCUT2D eigenvalue weighted by Gasteiger charge is -2.32. The molecule has 1 aromatic carbocycles. The number of ether oxygens (including phenoxy) is 2. The molecule has 8 nitrogen and oxygen atoms in total. The Morgan fingerprint density at radius 3 is 2.44 bits per heavy atom. The Morgan fingerprint density at radius 1 is 1.25 bits per heavy atom. The van der Waals surface area contributed by atoms with E-state index in [1.54, 1.807) is 0 Å². The van der Waals surface area contributed by atoms with Crippen LogP contribution in [0.2, 0.25) is 0 Å². The number of rotatable bonds is 6. The number of hydrogen-bond acceptors (Lipinski definition) is 5. The summed E-state index contributed by atoms with van der Waals surface area (Å²) in [5.74, 6) is -10.8. The molecule has 196 valence electrons. The van der Waals surface area contributed by atoms with Gasteiger partial charge in [0.2, 0.25) is 5.82 Å². The Bertz CT molecular complexity index is 1190. The van der Waals surface area contributed by atoms with E-state index in [2.05, 4.69) is 10.1 Å². The molecule has 4 atom stereocenters. The Labute approximate surface area is 198 Å². The van der Waals surface area contributed by atoms with Gasteiger partial charge in [0.25, 0.3) is 11.6 Å². The molecule has 3 N–H and O–H groups in total. The van der Waals surface area contributed by atoms with Crippen LogP contribution in [0, 0.1) is 22.8 Å². The van der Waals surface area contributed by atoms with Crippen molar-refractivity contribution in [2.45, 2.75) is 44.3 Å². The molecule has 1 fully saturated rings. The first-order chi connectivity index (χ1) is 16.6. The number of anilines is 1. The summed E-state index contributed by atoms with van der Waals surface area (Å²) >= 11 is 0. The molecule has 0 unspecified atom stereocenters. The third-order valence-corrected chi connectivity index (χ3v) is 6.01. The smallest absolute Gasteiger partial charge is 0.417 e. The largest absolute Gasteiger partial charge is 0.618 e. The normalized spacial score (nSPS) is 24.1. The average molecular weight is 525 g/mol. The minimum absolute atomic E-state index is 0.0743. The van der Waals surface area contributed by atoms with Crippen molar-refractivity contribution in [2.24, 2.45) is 11.7 Å². The van der Waals surface area contributed by atoms with Gasteiger partial charge in [-0.2, -0.15) is 31.1 Å². The minimum Gasteiger partial charge on any atom is -0.618 e. The molecule has 3 rings (SSSR count). The van der Waals surface area contributed by atoms with Crippen molar-refractivity contribution in [3.63, 3.8) is 0 Å². The predicted molar refractivity (Wildman–Crippen MR) is 107 cm³/mol. The summed E-state index contributed by atoms with van der Waals surface area (Å²) in [6.45, 7) is -2.07. The number of alkyl halides is 5. The topological polar surface area (TPSA) is 118 Å². The molecule has 0 saturated carbocycles. The number of nitrogens with one attached hydrogen (secondary N) is 1. The number of primary amides is 1. The number of carbonyl (C=O) groups excluding carboxylic acids is 2. The standard InChI is InChI=1S/C21H18F7N3O5/c1-8-13(10-3-4-11(22)14(23)15(10)35-19(24)25)16(36-20(8,2)21(26,27)28)18(33)30-9-5-6-31(34)12(7-9)17(29)32/h3-8,13,16,19H,1-2H3,(H2,29,32)(H,30,33)/t8-,13-,16+,20+/m0/s1. The number of halogens is 7. The number of nitrogens with two attached hydrogens (primary N) is 1. The molecule has 2 aromatic rings. The zero-order chi connectivity index (χ0) is 27.2. The average Bonchev–Trinajstić information content (AvgIpc) is 3.04. The first-order valence-corrected chi connectivity index (χ1v) is 10.1. The predicted octanol–water partition coefficient (Wildman–Crippen LogP) is 3.38. The lowest BCUT2D eigenvalue weighted by atomic mass is 9.77. The molecule has 1 aliphatic rings. The maximum Gasteiger partial charge on any atom is 0.417 e. The van der Waals surface area contributed by atoms with Gasteiger partial charge < -0.3 is 25.7 Å². The molecule has 1 aromatic heterocycles. The van der Waals surface area contributed by atoms with Gasteiger partial charge in [0, 0.05) is 29.5 Å². The van der Waals surface area contributed by atoms with Crippen molar-refractivity contribution in [3.8, 4) is 5.75 Å². The van der Waals surface area contributed by atoms with Crippen molar-refractivity contribution in [3.05, 3.63) is 58.6 Å². The summed E-state index contributed by atoms with van der Waals surface area (Å²) in [7, 11) is 0. The van der Waals surface area contributed by atoms with Crippen LogP contribution in [-0.4, -0.2) is 36.3 Å². The number of nitrogens with zero attached hydrogens (tertiary/aromatic N) is 1. The van der Waals surface area contributed by atoms with Crippen LogP contribution in [-0.2, 0) is 9.53 Å². The van der Waals surface area contributed by atoms with Gasteiger partial charge in [0.1, 0.15) is 6.10 Å². The highest BCUT2D eigenvalue weighted by molar-refractivity contribution is 5.97. The maximum absolute atomic E-state index is 14.4. The molecular weight excluding hydrogens is 507 g/mol. The Morgan fingerprint density at radius 2 is 1.89 bits per heavy atom. The van der Waals surface area contributed by atoms with E-state index in [9.17, 15) is 45.5 Å². The summed E-state index contributed by atoms with van der Waals surface area (Å²) in [5, 5.41) is 13.8. The molecule has 15 heteroatoms. The van der Waals surface area contributed by atoms with E-state index in [4.69, 9.17) is 10.5 Å². The third kappa shape index (κ3) is 4.74. The lowest BCUT2D eigenvalue weighted by Crippen LogP contribution is -2.47. The quantitative estimate of drug-likeness (QED) is 0.341. The van der Waals surface area contributed by atoms with Crippen LogP contribution in [0.5, 0.6) is 5.75 Å². The van der Waals surface area contributed by atoms with E-state index >= 15 is 0 Å². The Kier molecular flexibility index (Phi) is 7.08. The van der Waals surface area contributed by atoms with Crippen LogP contribution in [0.4, 0.5) is 36.4 Å². The van der Waals surface area contributed by atoms with Gasteiger partial charge in [-0.25, -0.2) is 4.39 Å². The highest BCUT2D eigenvalue weighted by atomic mass is 19.4. The van der Waals surface area contributed by atoms with Crippen molar-refractivity contribution in [1.29, 1.82) is 0 Å². The lowest BCUT2D eigenvalue weighted by molar-refractivity contribution is -0.607. The number of pyridine rings is 1. The summed E-state index contributed by atoms with van der Waals surface area (Å²) in [4.78, 5) is 24.4. The number of amides is 2. The van der Waals surface area contributed by atoms with E-state index in [1.165, 1.54) is 0 Å². The van der Waals surface area contributed by atoms with E-state index in [0.717, 1.165) is 31.3 Å². The second-order valence-electron chi connectivity index (χ2n) is 8.10. The van der Waals surface area contributed by atoms with Crippen LogP contribution < -0.4 is 20.5 Å². The molecule has 1 saturated heterocycles. The van der Waals surface area contributed by atoms with E-state index in [1.807, 2.05) is 0 Å². The molecule has 36 heavy (non-hydrogen) atoms. The second-order valence-corrected chi connectivity index (χ2v) is 8.10. The van der Waals surface area contributed by atoms with Gasteiger partial charge in [-0.3, -0.25) is 9.59 Å². The van der Waals surface area contributed by atoms with Crippen LogP contribution >= 0.6 is 0 Å². The van der Waals surface area contributed by atoms with E-state index < -0.39 is 76.8 Å². The van der Waals surface area contributed by atoms with Crippen LogP contribution in [0.25, 0.3) is 0 Å². The van der Waals surface area contributed by atoms with Gasteiger partial charge >= 0.3 is 18.7 Å². The highest BCUT2D eigenvalue weighted by Crippen LogP contribution is 2.55. The van der Waals surface area contributed by atoms with Gasteiger partial charge in [0.05, 0.1) is 5.69 Å².